The minimum absolute atomic E-state index is 0.0443. The standard InChI is InChI=1S/C15H20Cl2O/c1-14(2)7-3-4-8-15(14,18)10-11-5-6-12(16)13(17)9-11/h5-6,9,18H,3-4,7-8,10H2,1-2H3. The van der Waals surface area contributed by atoms with Crippen LogP contribution in [-0.2, 0) is 6.42 Å². The van der Waals surface area contributed by atoms with E-state index in [1.807, 2.05) is 12.1 Å². The van der Waals surface area contributed by atoms with Crippen LogP contribution in [0.1, 0.15) is 45.1 Å². The van der Waals surface area contributed by atoms with Gasteiger partial charge in [-0.3, -0.25) is 0 Å². The van der Waals surface area contributed by atoms with Crippen LogP contribution in [0.2, 0.25) is 10.0 Å². The molecule has 0 saturated heterocycles. The SMILES string of the molecule is CC1(C)CCCCC1(O)Cc1ccc(Cl)c(Cl)c1. The van der Waals surface area contributed by atoms with Gasteiger partial charge in [-0.15, -0.1) is 0 Å². The quantitative estimate of drug-likeness (QED) is 0.823. The maximum atomic E-state index is 10.9. The van der Waals surface area contributed by atoms with Gasteiger partial charge in [0.25, 0.3) is 0 Å². The first kappa shape index (κ1) is 14.2. The molecule has 0 aliphatic heterocycles. The average Bonchev–Trinajstić information content (AvgIpc) is 2.28. The largest absolute Gasteiger partial charge is 0.389 e. The van der Waals surface area contributed by atoms with Gasteiger partial charge in [0.05, 0.1) is 15.6 Å². The van der Waals surface area contributed by atoms with Crippen molar-refractivity contribution < 1.29 is 5.11 Å². The maximum Gasteiger partial charge on any atom is 0.0738 e. The molecule has 1 saturated carbocycles. The summed E-state index contributed by atoms with van der Waals surface area (Å²) in [6, 6.07) is 5.63. The molecule has 1 atom stereocenters. The minimum atomic E-state index is -0.636. The highest BCUT2D eigenvalue weighted by Crippen LogP contribution is 2.45. The monoisotopic (exact) mass is 286 g/mol. The Labute approximate surface area is 119 Å². The van der Waals surface area contributed by atoms with Gasteiger partial charge >= 0.3 is 0 Å². The molecule has 0 aromatic heterocycles. The summed E-state index contributed by atoms with van der Waals surface area (Å²) in [5.41, 5.74) is 0.377. The van der Waals surface area contributed by atoms with E-state index in [0.29, 0.717) is 16.5 Å². The van der Waals surface area contributed by atoms with Gasteiger partial charge in [0.15, 0.2) is 0 Å². The molecule has 0 bridgehead atoms. The number of rotatable bonds is 2. The fraction of sp³-hybridized carbons (Fsp3) is 0.600. The first-order valence-corrected chi connectivity index (χ1v) is 7.26. The summed E-state index contributed by atoms with van der Waals surface area (Å²) in [5, 5.41) is 12.1. The smallest absolute Gasteiger partial charge is 0.0738 e. The van der Waals surface area contributed by atoms with Crippen LogP contribution in [0.25, 0.3) is 0 Å². The minimum Gasteiger partial charge on any atom is -0.389 e. The van der Waals surface area contributed by atoms with E-state index in [1.165, 1.54) is 6.42 Å². The van der Waals surface area contributed by atoms with Crippen molar-refractivity contribution in [3.63, 3.8) is 0 Å². The Balaban J connectivity index is 2.23. The predicted octanol–water partition coefficient (Wildman–Crippen LogP) is 4.87. The van der Waals surface area contributed by atoms with Crippen molar-refractivity contribution in [1.82, 2.24) is 0 Å². The molecule has 0 spiro atoms. The molecule has 1 aliphatic rings. The van der Waals surface area contributed by atoms with E-state index in [9.17, 15) is 5.11 Å². The topological polar surface area (TPSA) is 20.2 Å². The fourth-order valence-electron chi connectivity index (χ4n) is 2.87. The Morgan fingerprint density at radius 2 is 1.78 bits per heavy atom. The fourth-order valence-corrected chi connectivity index (χ4v) is 3.19. The summed E-state index contributed by atoms with van der Waals surface area (Å²) in [6.45, 7) is 4.31. The third-order valence-electron chi connectivity index (χ3n) is 4.38. The molecular weight excluding hydrogens is 267 g/mol. The summed E-state index contributed by atoms with van der Waals surface area (Å²) in [6.07, 6.45) is 4.89. The lowest BCUT2D eigenvalue weighted by Gasteiger charge is -2.46. The Morgan fingerprint density at radius 3 is 2.39 bits per heavy atom. The van der Waals surface area contributed by atoms with Gasteiger partial charge < -0.3 is 5.11 Å². The third-order valence-corrected chi connectivity index (χ3v) is 5.12. The number of hydrogen-bond donors (Lipinski definition) is 1. The highest BCUT2D eigenvalue weighted by molar-refractivity contribution is 6.42. The van der Waals surface area contributed by atoms with E-state index < -0.39 is 5.60 Å². The zero-order valence-electron chi connectivity index (χ0n) is 11.0. The predicted molar refractivity (Wildman–Crippen MR) is 77.4 cm³/mol. The van der Waals surface area contributed by atoms with E-state index in [2.05, 4.69) is 13.8 Å². The van der Waals surface area contributed by atoms with Gasteiger partial charge in [0, 0.05) is 6.42 Å². The zero-order valence-corrected chi connectivity index (χ0v) is 12.5. The number of halogens is 2. The molecule has 1 aromatic rings. The first-order valence-electron chi connectivity index (χ1n) is 6.50. The second-order valence-corrected chi connectivity index (χ2v) is 6.86. The van der Waals surface area contributed by atoms with Crippen LogP contribution >= 0.6 is 23.2 Å². The molecule has 0 radical (unpaired) electrons. The number of aliphatic hydroxyl groups is 1. The summed E-state index contributed by atoms with van der Waals surface area (Å²) < 4.78 is 0. The van der Waals surface area contributed by atoms with Crippen LogP contribution < -0.4 is 0 Å². The summed E-state index contributed by atoms with van der Waals surface area (Å²) in [4.78, 5) is 0. The van der Waals surface area contributed by atoms with Crippen molar-refractivity contribution in [2.45, 2.75) is 51.6 Å². The highest BCUT2D eigenvalue weighted by Gasteiger charge is 2.44. The summed E-state index contributed by atoms with van der Waals surface area (Å²) in [5.74, 6) is 0. The lowest BCUT2D eigenvalue weighted by Crippen LogP contribution is -2.48. The maximum absolute atomic E-state index is 10.9. The van der Waals surface area contributed by atoms with Crippen LogP contribution in [0.15, 0.2) is 18.2 Å². The molecule has 0 amide bonds. The zero-order chi connectivity index (χ0) is 13.4. The van der Waals surface area contributed by atoms with E-state index in [1.54, 1.807) is 6.07 Å². The van der Waals surface area contributed by atoms with Gasteiger partial charge in [0.1, 0.15) is 0 Å². The molecule has 1 fully saturated rings. The molecule has 0 heterocycles. The van der Waals surface area contributed by atoms with Crippen molar-refractivity contribution in [2.24, 2.45) is 5.41 Å². The van der Waals surface area contributed by atoms with Crippen molar-refractivity contribution in [3.05, 3.63) is 33.8 Å². The average molecular weight is 287 g/mol. The normalized spacial score (nSPS) is 27.2. The molecule has 1 nitrogen and oxygen atoms in total. The highest BCUT2D eigenvalue weighted by atomic mass is 35.5. The van der Waals surface area contributed by atoms with E-state index >= 15 is 0 Å². The van der Waals surface area contributed by atoms with Gasteiger partial charge in [-0.05, 0) is 36.0 Å². The Hall–Kier alpha value is -0.240. The van der Waals surface area contributed by atoms with Gasteiger partial charge in [-0.25, -0.2) is 0 Å². The molecule has 1 unspecified atom stereocenters. The lowest BCUT2D eigenvalue weighted by atomic mass is 9.63. The van der Waals surface area contributed by atoms with Gasteiger partial charge in [-0.2, -0.15) is 0 Å². The molecule has 1 aromatic carbocycles. The summed E-state index contributed by atoms with van der Waals surface area (Å²) in [7, 11) is 0. The second kappa shape index (κ2) is 5.03. The Bertz CT molecular complexity index is 442. The second-order valence-electron chi connectivity index (χ2n) is 6.05. The van der Waals surface area contributed by atoms with Gasteiger partial charge in [0.2, 0.25) is 0 Å². The van der Waals surface area contributed by atoms with Crippen molar-refractivity contribution in [2.75, 3.05) is 0 Å². The van der Waals surface area contributed by atoms with E-state index in [0.717, 1.165) is 24.8 Å². The molecule has 3 heteroatoms. The lowest BCUT2D eigenvalue weighted by molar-refractivity contribution is -0.0958. The van der Waals surface area contributed by atoms with Crippen LogP contribution in [-0.4, -0.2) is 10.7 Å². The third kappa shape index (κ3) is 2.68. The van der Waals surface area contributed by atoms with Crippen LogP contribution in [0.3, 0.4) is 0 Å². The van der Waals surface area contributed by atoms with Crippen molar-refractivity contribution in [3.8, 4) is 0 Å². The molecule has 18 heavy (non-hydrogen) atoms. The summed E-state index contributed by atoms with van der Waals surface area (Å²) >= 11 is 12.0. The van der Waals surface area contributed by atoms with E-state index in [-0.39, 0.29) is 5.41 Å². The number of hydrogen-bond acceptors (Lipinski definition) is 1. The molecule has 1 aliphatic carbocycles. The van der Waals surface area contributed by atoms with Crippen LogP contribution in [0, 0.1) is 5.41 Å². The molecule has 1 N–H and O–H groups in total. The number of benzene rings is 1. The Kier molecular flexibility index (Phi) is 3.96. The van der Waals surface area contributed by atoms with Crippen LogP contribution in [0.4, 0.5) is 0 Å². The molecule has 100 valence electrons. The molecular formula is C15H20Cl2O. The van der Waals surface area contributed by atoms with Crippen LogP contribution in [0.5, 0.6) is 0 Å². The molecule has 2 rings (SSSR count). The first-order chi connectivity index (χ1) is 8.34. The Morgan fingerprint density at radius 1 is 1.11 bits per heavy atom. The van der Waals surface area contributed by atoms with Crippen molar-refractivity contribution >= 4 is 23.2 Å². The van der Waals surface area contributed by atoms with Crippen molar-refractivity contribution in [1.29, 1.82) is 0 Å². The van der Waals surface area contributed by atoms with Gasteiger partial charge in [-0.1, -0.05) is 56.0 Å². The van der Waals surface area contributed by atoms with E-state index in [4.69, 9.17) is 23.2 Å².